The van der Waals surface area contributed by atoms with Gasteiger partial charge >= 0.3 is 0 Å². The standard InChI is InChI=1S/C26H30N4O3S/c1-20-2-6-25(7-3-20)34(32,33)29-15-8-22-4-5-23(18-26(22)28-19-31)21-11-16-30(17-12-21)24-9-13-27-14-10-24/h2-7,9-10,13-14,18-19,21,29H,8,11-12,15-17H2,1H3,(H,28,31). The molecule has 0 radical (unpaired) electrons. The van der Waals surface area contributed by atoms with Crippen LogP contribution in [0.2, 0.25) is 0 Å². The number of carbonyl (C=O) groups is 1. The van der Waals surface area contributed by atoms with E-state index in [0.717, 1.165) is 42.7 Å². The van der Waals surface area contributed by atoms with E-state index in [2.05, 4.69) is 26.0 Å². The number of benzene rings is 2. The van der Waals surface area contributed by atoms with E-state index in [1.54, 1.807) is 24.3 Å². The molecule has 1 fully saturated rings. The van der Waals surface area contributed by atoms with Crippen LogP contribution in [0.5, 0.6) is 0 Å². The van der Waals surface area contributed by atoms with Gasteiger partial charge in [-0.2, -0.15) is 0 Å². The van der Waals surface area contributed by atoms with Crippen LogP contribution in [0.15, 0.2) is 71.9 Å². The number of hydrogen-bond acceptors (Lipinski definition) is 5. The molecule has 34 heavy (non-hydrogen) atoms. The smallest absolute Gasteiger partial charge is 0.240 e. The molecule has 1 aliphatic rings. The Balaban J connectivity index is 1.38. The maximum absolute atomic E-state index is 12.5. The van der Waals surface area contributed by atoms with E-state index < -0.39 is 10.0 Å². The van der Waals surface area contributed by atoms with Crippen molar-refractivity contribution in [1.82, 2.24) is 9.71 Å². The SMILES string of the molecule is Cc1ccc(S(=O)(=O)NCCc2ccc(C3CCN(c4ccncc4)CC3)cc2NC=O)cc1. The summed E-state index contributed by atoms with van der Waals surface area (Å²) in [5, 5.41) is 2.80. The Kier molecular flexibility index (Phi) is 7.59. The van der Waals surface area contributed by atoms with Crippen LogP contribution < -0.4 is 14.9 Å². The van der Waals surface area contributed by atoms with Gasteiger partial charge < -0.3 is 10.2 Å². The molecule has 1 saturated heterocycles. The predicted octanol–water partition coefficient (Wildman–Crippen LogP) is 3.86. The van der Waals surface area contributed by atoms with Crippen LogP contribution in [-0.4, -0.2) is 39.4 Å². The summed E-state index contributed by atoms with van der Waals surface area (Å²) in [6.45, 7) is 4.09. The lowest BCUT2D eigenvalue weighted by atomic mass is 9.88. The van der Waals surface area contributed by atoms with Crippen molar-refractivity contribution in [1.29, 1.82) is 0 Å². The third-order valence-corrected chi connectivity index (χ3v) is 7.84. The lowest BCUT2D eigenvalue weighted by Crippen LogP contribution is -2.32. The van der Waals surface area contributed by atoms with Crippen LogP contribution in [0, 0.1) is 6.92 Å². The molecule has 4 rings (SSSR count). The Labute approximate surface area is 201 Å². The molecule has 7 nitrogen and oxygen atoms in total. The monoisotopic (exact) mass is 478 g/mol. The predicted molar refractivity (Wildman–Crippen MR) is 135 cm³/mol. The van der Waals surface area contributed by atoms with Crippen molar-refractivity contribution < 1.29 is 13.2 Å². The van der Waals surface area contributed by atoms with Crippen LogP contribution in [0.25, 0.3) is 0 Å². The fourth-order valence-electron chi connectivity index (χ4n) is 4.41. The molecule has 0 bridgehead atoms. The van der Waals surface area contributed by atoms with Crippen LogP contribution in [0.1, 0.15) is 35.4 Å². The minimum Gasteiger partial charge on any atom is -0.371 e. The molecule has 0 saturated carbocycles. The number of aromatic nitrogens is 1. The molecule has 0 aliphatic carbocycles. The molecule has 8 heteroatoms. The minimum absolute atomic E-state index is 0.243. The number of aryl methyl sites for hydroxylation is 1. The number of carbonyl (C=O) groups excluding carboxylic acids is 1. The zero-order valence-corrected chi connectivity index (χ0v) is 20.1. The Morgan fingerprint density at radius 3 is 2.41 bits per heavy atom. The van der Waals surface area contributed by atoms with Gasteiger partial charge in [-0.3, -0.25) is 9.78 Å². The maximum Gasteiger partial charge on any atom is 0.240 e. The van der Waals surface area contributed by atoms with E-state index in [1.807, 2.05) is 43.6 Å². The molecule has 2 N–H and O–H groups in total. The molecule has 2 aromatic carbocycles. The van der Waals surface area contributed by atoms with E-state index >= 15 is 0 Å². The second-order valence-corrected chi connectivity index (χ2v) is 10.4. The van der Waals surface area contributed by atoms with Gasteiger partial charge in [-0.25, -0.2) is 13.1 Å². The first kappa shape index (κ1) is 23.9. The number of pyridine rings is 1. The molecule has 1 aromatic heterocycles. The first-order valence-electron chi connectivity index (χ1n) is 11.5. The topological polar surface area (TPSA) is 91.4 Å². The van der Waals surface area contributed by atoms with Crippen molar-refractivity contribution in [2.75, 3.05) is 29.9 Å². The summed E-state index contributed by atoms with van der Waals surface area (Å²) in [4.78, 5) is 17.9. The molecule has 0 spiro atoms. The van der Waals surface area contributed by atoms with E-state index in [4.69, 9.17) is 0 Å². The largest absolute Gasteiger partial charge is 0.371 e. The summed E-state index contributed by atoms with van der Waals surface area (Å²) in [6.07, 6.45) is 6.83. The average Bonchev–Trinajstić information content (AvgIpc) is 2.86. The van der Waals surface area contributed by atoms with Gasteiger partial charge in [-0.1, -0.05) is 29.8 Å². The molecule has 178 valence electrons. The summed E-state index contributed by atoms with van der Waals surface area (Å²) in [7, 11) is -3.57. The zero-order chi connectivity index (χ0) is 24.0. The molecular formula is C26H30N4O3S. The Bertz CT molecular complexity index is 1210. The van der Waals surface area contributed by atoms with Crippen molar-refractivity contribution in [2.24, 2.45) is 0 Å². The second-order valence-electron chi connectivity index (χ2n) is 8.61. The highest BCUT2D eigenvalue weighted by Gasteiger charge is 2.22. The summed E-state index contributed by atoms with van der Waals surface area (Å²) >= 11 is 0. The van der Waals surface area contributed by atoms with Crippen molar-refractivity contribution in [3.05, 3.63) is 83.7 Å². The maximum atomic E-state index is 12.5. The van der Waals surface area contributed by atoms with Gasteiger partial charge in [0.1, 0.15) is 0 Å². The zero-order valence-electron chi connectivity index (χ0n) is 19.3. The molecular weight excluding hydrogens is 448 g/mol. The summed E-state index contributed by atoms with van der Waals surface area (Å²) in [5.41, 5.74) is 5.03. The number of anilines is 2. The third kappa shape index (κ3) is 5.81. The summed E-state index contributed by atoms with van der Waals surface area (Å²) in [6, 6.07) is 17.0. The first-order valence-corrected chi connectivity index (χ1v) is 13.0. The quantitative estimate of drug-likeness (QED) is 0.456. The van der Waals surface area contributed by atoms with Gasteiger partial charge in [-0.05, 0) is 73.6 Å². The molecule has 1 amide bonds. The van der Waals surface area contributed by atoms with Gasteiger partial charge in [0.2, 0.25) is 16.4 Å². The van der Waals surface area contributed by atoms with E-state index in [0.29, 0.717) is 18.7 Å². The summed E-state index contributed by atoms with van der Waals surface area (Å²) < 4.78 is 27.7. The van der Waals surface area contributed by atoms with Crippen molar-refractivity contribution in [3.63, 3.8) is 0 Å². The number of hydrogen-bond donors (Lipinski definition) is 2. The van der Waals surface area contributed by atoms with Crippen molar-refractivity contribution >= 4 is 27.8 Å². The number of nitrogens with one attached hydrogen (secondary N) is 2. The Hall–Kier alpha value is -3.23. The van der Waals surface area contributed by atoms with Gasteiger partial charge in [0.25, 0.3) is 0 Å². The minimum atomic E-state index is -3.57. The van der Waals surface area contributed by atoms with Gasteiger partial charge in [-0.15, -0.1) is 0 Å². The molecule has 3 aromatic rings. The number of nitrogens with zero attached hydrogens (tertiary/aromatic N) is 2. The molecule has 2 heterocycles. The van der Waals surface area contributed by atoms with E-state index in [1.165, 1.54) is 11.3 Å². The van der Waals surface area contributed by atoms with Crippen LogP contribution >= 0.6 is 0 Å². The molecule has 0 unspecified atom stereocenters. The fraction of sp³-hybridized carbons (Fsp3) is 0.308. The normalized spacial score (nSPS) is 14.7. The Morgan fingerprint density at radius 2 is 1.74 bits per heavy atom. The van der Waals surface area contributed by atoms with Crippen LogP contribution in [0.4, 0.5) is 11.4 Å². The lowest BCUT2D eigenvalue weighted by Gasteiger charge is -2.34. The molecule has 1 aliphatic heterocycles. The summed E-state index contributed by atoms with van der Waals surface area (Å²) in [5.74, 6) is 0.416. The third-order valence-electron chi connectivity index (χ3n) is 6.36. The van der Waals surface area contributed by atoms with E-state index in [-0.39, 0.29) is 11.4 Å². The highest BCUT2D eigenvalue weighted by molar-refractivity contribution is 7.89. The number of sulfonamides is 1. The number of amides is 1. The lowest BCUT2D eigenvalue weighted by molar-refractivity contribution is -0.105. The van der Waals surface area contributed by atoms with Crippen molar-refractivity contribution in [2.45, 2.75) is 37.0 Å². The van der Waals surface area contributed by atoms with Gasteiger partial charge in [0.05, 0.1) is 4.90 Å². The fourth-order valence-corrected chi connectivity index (χ4v) is 5.44. The number of rotatable bonds is 9. The van der Waals surface area contributed by atoms with Crippen molar-refractivity contribution in [3.8, 4) is 0 Å². The van der Waals surface area contributed by atoms with Gasteiger partial charge in [0.15, 0.2) is 0 Å². The second kappa shape index (κ2) is 10.8. The van der Waals surface area contributed by atoms with Crippen LogP contribution in [0.3, 0.4) is 0 Å². The van der Waals surface area contributed by atoms with Gasteiger partial charge in [0, 0.05) is 43.4 Å². The number of piperidine rings is 1. The average molecular weight is 479 g/mol. The first-order chi connectivity index (χ1) is 16.5. The van der Waals surface area contributed by atoms with Crippen LogP contribution in [-0.2, 0) is 21.2 Å². The molecule has 0 atom stereocenters. The Morgan fingerprint density at radius 1 is 1.03 bits per heavy atom. The highest BCUT2D eigenvalue weighted by Crippen LogP contribution is 2.32. The highest BCUT2D eigenvalue weighted by atomic mass is 32.2. The van der Waals surface area contributed by atoms with E-state index in [9.17, 15) is 13.2 Å².